The monoisotopic (exact) mass is 497 g/mol. The number of hydrogen-bond donors (Lipinski definition) is 0. The summed E-state index contributed by atoms with van der Waals surface area (Å²) in [6.45, 7) is 4.76. The lowest BCUT2D eigenvalue weighted by Gasteiger charge is -2.51. The highest BCUT2D eigenvalue weighted by molar-refractivity contribution is 5.75. The number of hydrogen-bond acceptors (Lipinski definition) is 3. The third kappa shape index (κ3) is 4.65. The van der Waals surface area contributed by atoms with E-state index in [1.807, 2.05) is 54.6 Å². The molecule has 2 aliphatic carbocycles. The zero-order chi connectivity index (χ0) is 26.1. The van der Waals surface area contributed by atoms with E-state index in [0.717, 1.165) is 45.8 Å². The number of benzene rings is 3. The maximum Gasteiger partial charge on any atom is 0.160 e. The van der Waals surface area contributed by atoms with Gasteiger partial charge in [0.05, 0.1) is 23.0 Å². The third-order valence-electron chi connectivity index (χ3n) is 8.93. The van der Waals surface area contributed by atoms with Crippen molar-refractivity contribution in [2.45, 2.75) is 57.8 Å². The van der Waals surface area contributed by atoms with Gasteiger partial charge in [0.25, 0.3) is 0 Å². The van der Waals surface area contributed by atoms with E-state index in [1.54, 1.807) is 0 Å². The van der Waals surface area contributed by atoms with Crippen molar-refractivity contribution in [3.8, 4) is 40.0 Å². The Hall–Kier alpha value is -3.77. The van der Waals surface area contributed by atoms with Crippen molar-refractivity contribution in [1.29, 1.82) is 5.26 Å². The van der Waals surface area contributed by atoms with Crippen LogP contribution in [-0.4, -0.2) is 9.97 Å². The molecule has 4 aromatic rings. The average Bonchev–Trinajstić information content (AvgIpc) is 2.96. The van der Waals surface area contributed by atoms with Crippen molar-refractivity contribution >= 4 is 0 Å². The molecular weight excluding hydrogens is 462 g/mol. The number of rotatable bonds is 5. The van der Waals surface area contributed by atoms with Crippen LogP contribution in [0.15, 0.2) is 84.9 Å². The van der Waals surface area contributed by atoms with E-state index < -0.39 is 0 Å². The van der Waals surface area contributed by atoms with E-state index in [-0.39, 0.29) is 5.41 Å². The van der Waals surface area contributed by atoms with Crippen molar-refractivity contribution in [1.82, 2.24) is 9.97 Å². The standard InChI is InChI=1S/C35H35N3/c1-3-25-17-26-16-24(2)20-35(21-25,22-26)30-14-15-31(29(18-30)23-36)33-19-32(27-10-6-4-7-11-27)37-34(38-33)28-12-8-5-9-13-28/h4-15,18-19,24-26H,3,16-17,20-22H2,1-2H3/t24-,25+,26-,35?/m1/s1. The van der Waals surface area contributed by atoms with Crippen LogP contribution in [0.1, 0.15) is 63.5 Å². The van der Waals surface area contributed by atoms with Crippen LogP contribution in [0.5, 0.6) is 0 Å². The molecule has 1 heterocycles. The van der Waals surface area contributed by atoms with E-state index in [9.17, 15) is 5.26 Å². The maximum absolute atomic E-state index is 10.4. The van der Waals surface area contributed by atoms with Crippen LogP contribution in [0.3, 0.4) is 0 Å². The molecule has 0 saturated heterocycles. The van der Waals surface area contributed by atoms with Gasteiger partial charge in [-0.05, 0) is 73.0 Å². The molecule has 3 heteroatoms. The number of aromatic nitrogens is 2. The van der Waals surface area contributed by atoms with Gasteiger partial charge in [0.2, 0.25) is 0 Å². The smallest absolute Gasteiger partial charge is 0.160 e. The molecule has 1 aromatic heterocycles. The maximum atomic E-state index is 10.4. The minimum atomic E-state index is 0.196. The second kappa shape index (κ2) is 10.2. The summed E-state index contributed by atoms with van der Waals surface area (Å²) in [5.74, 6) is 3.01. The number of nitrogens with zero attached hydrogens (tertiary/aromatic N) is 3. The summed E-state index contributed by atoms with van der Waals surface area (Å²) < 4.78 is 0. The molecule has 0 aliphatic heterocycles. The largest absolute Gasteiger partial charge is 0.228 e. The molecule has 2 bridgehead atoms. The third-order valence-corrected chi connectivity index (χ3v) is 8.93. The lowest BCUT2D eigenvalue weighted by Crippen LogP contribution is -2.42. The van der Waals surface area contributed by atoms with Crippen LogP contribution in [-0.2, 0) is 5.41 Å². The highest BCUT2D eigenvalue weighted by atomic mass is 14.9. The predicted molar refractivity (Wildman–Crippen MR) is 154 cm³/mol. The first-order valence-corrected chi connectivity index (χ1v) is 14.1. The Balaban J connectivity index is 1.46. The number of fused-ring (bicyclic) bond motifs is 2. The van der Waals surface area contributed by atoms with Crippen molar-refractivity contribution in [3.05, 3.63) is 96.1 Å². The molecule has 3 nitrogen and oxygen atoms in total. The molecule has 0 amide bonds. The Morgan fingerprint density at radius 3 is 2.24 bits per heavy atom. The van der Waals surface area contributed by atoms with Crippen molar-refractivity contribution < 1.29 is 0 Å². The van der Waals surface area contributed by atoms with E-state index in [1.165, 1.54) is 44.1 Å². The molecule has 4 atom stereocenters. The van der Waals surface area contributed by atoms with Crippen LogP contribution >= 0.6 is 0 Å². The molecule has 2 saturated carbocycles. The SMILES string of the molecule is CC[C@H]1C[C@H]2C[C@@H](C)CC(c3ccc(-c4cc(-c5ccccc5)nc(-c5ccccc5)n4)c(C#N)c3)(C2)C1. The van der Waals surface area contributed by atoms with Gasteiger partial charge in [-0.2, -0.15) is 5.26 Å². The van der Waals surface area contributed by atoms with Crippen LogP contribution in [0, 0.1) is 29.1 Å². The molecule has 3 aromatic carbocycles. The number of nitriles is 1. The molecule has 2 aliphatic rings. The van der Waals surface area contributed by atoms with E-state index in [2.05, 4.69) is 50.2 Å². The van der Waals surface area contributed by atoms with Gasteiger partial charge in [0, 0.05) is 16.7 Å². The molecule has 0 spiro atoms. The van der Waals surface area contributed by atoms with E-state index in [0.29, 0.717) is 11.4 Å². The van der Waals surface area contributed by atoms with Gasteiger partial charge in [-0.15, -0.1) is 0 Å². The summed E-state index contributed by atoms with van der Waals surface area (Å²) in [4.78, 5) is 9.90. The summed E-state index contributed by atoms with van der Waals surface area (Å²) in [6, 6.07) is 31.5. The summed E-state index contributed by atoms with van der Waals surface area (Å²) in [7, 11) is 0. The summed E-state index contributed by atoms with van der Waals surface area (Å²) in [6.07, 6.45) is 7.72. The van der Waals surface area contributed by atoms with E-state index in [4.69, 9.17) is 9.97 Å². The van der Waals surface area contributed by atoms with Crippen LogP contribution < -0.4 is 0 Å². The average molecular weight is 498 g/mol. The zero-order valence-electron chi connectivity index (χ0n) is 22.4. The van der Waals surface area contributed by atoms with Crippen LogP contribution in [0.25, 0.3) is 33.9 Å². The van der Waals surface area contributed by atoms with Gasteiger partial charge in [0.15, 0.2) is 5.82 Å². The van der Waals surface area contributed by atoms with Gasteiger partial charge in [-0.1, -0.05) is 93.1 Å². The first-order chi connectivity index (χ1) is 18.6. The summed E-state index contributed by atoms with van der Waals surface area (Å²) >= 11 is 0. The lowest BCUT2D eigenvalue weighted by molar-refractivity contribution is 0.0702. The normalized spacial score (nSPS) is 24.5. The molecule has 0 radical (unpaired) electrons. The molecular formula is C35H35N3. The van der Waals surface area contributed by atoms with Crippen molar-refractivity contribution in [3.63, 3.8) is 0 Å². The van der Waals surface area contributed by atoms with Crippen LogP contribution in [0.2, 0.25) is 0 Å². The van der Waals surface area contributed by atoms with Gasteiger partial charge in [-0.25, -0.2) is 9.97 Å². The lowest BCUT2D eigenvalue weighted by atomic mass is 9.54. The fraction of sp³-hybridized carbons (Fsp3) is 0.343. The minimum Gasteiger partial charge on any atom is -0.228 e. The quantitative estimate of drug-likeness (QED) is 0.277. The Kier molecular flexibility index (Phi) is 6.58. The first-order valence-electron chi connectivity index (χ1n) is 14.1. The Bertz CT molecular complexity index is 1410. The molecule has 0 N–H and O–H groups in total. The molecule has 6 rings (SSSR count). The summed E-state index contributed by atoms with van der Waals surface area (Å²) in [5.41, 5.74) is 6.81. The topological polar surface area (TPSA) is 49.6 Å². The molecule has 1 unspecified atom stereocenters. The highest BCUT2D eigenvalue weighted by Gasteiger charge is 2.45. The fourth-order valence-electron chi connectivity index (χ4n) is 7.41. The Morgan fingerprint density at radius 2 is 1.53 bits per heavy atom. The van der Waals surface area contributed by atoms with Crippen LogP contribution in [0.4, 0.5) is 0 Å². The molecule has 38 heavy (non-hydrogen) atoms. The van der Waals surface area contributed by atoms with Crippen molar-refractivity contribution in [2.75, 3.05) is 0 Å². The summed E-state index contributed by atoms with van der Waals surface area (Å²) in [5, 5.41) is 10.4. The van der Waals surface area contributed by atoms with Gasteiger partial charge < -0.3 is 0 Å². The Morgan fingerprint density at radius 1 is 0.816 bits per heavy atom. The molecule has 190 valence electrons. The van der Waals surface area contributed by atoms with Gasteiger partial charge in [0.1, 0.15) is 0 Å². The van der Waals surface area contributed by atoms with Crippen molar-refractivity contribution in [2.24, 2.45) is 17.8 Å². The van der Waals surface area contributed by atoms with E-state index >= 15 is 0 Å². The highest BCUT2D eigenvalue weighted by Crippen LogP contribution is 2.55. The second-order valence-corrected chi connectivity index (χ2v) is 11.7. The first kappa shape index (κ1) is 24.6. The Labute approximate surface area is 226 Å². The van der Waals surface area contributed by atoms with Gasteiger partial charge >= 0.3 is 0 Å². The second-order valence-electron chi connectivity index (χ2n) is 11.7. The predicted octanol–water partition coefficient (Wildman–Crippen LogP) is 8.84. The van der Waals surface area contributed by atoms with Gasteiger partial charge in [-0.3, -0.25) is 0 Å². The fourth-order valence-corrected chi connectivity index (χ4v) is 7.41. The zero-order valence-corrected chi connectivity index (χ0v) is 22.4. The minimum absolute atomic E-state index is 0.196. The molecule has 2 fully saturated rings.